The lowest BCUT2D eigenvalue weighted by molar-refractivity contribution is -0.258. The van der Waals surface area contributed by atoms with Crippen LogP contribution in [-0.2, 0) is 56.1 Å². The molecule has 0 bridgehead atoms. The maximum atomic E-state index is 13.9. The van der Waals surface area contributed by atoms with Crippen LogP contribution >= 0.6 is 7.82 Å². The topological polar surface area (TPSA) is 179 Å². The third-order valence-electron chi connectivity index (χ3n) is 19.2. The standard InChI is InChI=1S/C45H82NO8P.C39H73NO5/c1-8-14-16-18-19-20-21-22-23-24-25-26-27-29-31-33-41(47)46-42-44(49-38-34-39(7)32-30-28-17-15-9-2)43(40(13-6)53-45(42)50-35-10-3)54-55(48,51-36-11-4)52-37-12-5;1-6-10-12-14-15-16-17-18-19-20-21-22-23-25-27-29-35(41)40-36-38(37(42)34(9-4)45-39(36)44-31-8-3)43-32-30-33(5)28-26-24-13-11-7-2/h10-12,20-21,35,39-40,42-45H,4-5,8-9,13-19,22-34,36-38H2,1-3,6-7H3,(H,46,47);8,16-17,31,33-34,36-39,42H,6-7,9-15,18-30,32H2,1-5H3,(H,40,41)/b21-20-,35-10-;17-16-,31-8-/t39-,40-,42-,43-,44?,45?;33-,34-,36-,37-,38-,39+/m11/s1. The molecule has 2 unspecified atom stereocenters. The van der Waals surface area contributed by atoms with Gasteiger partial charge in [-0.25, -0.2) is 4.57 Å². The molecule has 0 aliphatic carbocycles. The number of amides is 2. The first-order chi connectivity index (χ1) is 48.8. The number of hydrogen-bond donors (Lipinski definition) is 3. The monoisotopic (exact) mass is 1430 g/mol. The van der Waals surface area contributed by atoms with E-state index in [2.05, 4.69) is 89.6 Å². The van der Waals surface area contributed by atoms with Crippen LogP contribution in [0.15, 0.2) is 74.3 Å². The lowest BCUT2D eigenvalue weighted by atomic mass is 9.94. The highest BCUT2D eigenvalue weighted by Crippen LogP contribution is 2.53. The summed E-state index contributed by atoms with van der Waals surface area (Å²) >= 11 is 0. The molecule has 2 aliphatic heterocycles. The Morgan fingerprint density at radius 1 is 0.460 bits per heavy atom. The van der Waals surface area contributed by atoms with Crippen LogP contribution in [0.2, 0.25) is 0 Å². The van der Waals surface area contributed by atoms with Gasteiger partial charge < -0.3 is 44.2 Å². The van der Waals surface area contributed by atoms with E-state index >= 15 is 0 Å². The van der Waals surface area contributed by atoms with Crippen LogP contribution in [-0.4, -0.2) is 105 Å². The molecule has 2 fully saturated rings. The Bertz CT molecular complexity index is 2080. The molecule has 0 aromatic rings. The number of ether oxygens (including phenoxy) is 6. The highest BCUT2D eigenvalue weighted by atomic mass is 31.2. The van der Waals surface area contributed by atoms with Gasteiger partial charge in [-0.3, -0.25) is 23.2 Å². The molecule has 15 nitrogen and oxygen atoms in total. The van der Waals surface area contributed by atoms with Crippen molar-refractivity contribution in [3.05, 3.63) is 74.3 Å². The zero-order chi connectivity index (χ0) is 73.4. The molecule has 0 radical (unpaired) electrons. The number of aliphatic hydroxyl groups is 1. The number of nitrogens with one attached hydrogen (secondary N) is 2. The number of hydrogen-bond acceptors (Lipinski definition) is 13. The Hall–Kier alpha value is -3.11. The van der Waals surface area contributed by atoms with Gasteiger partial charge in [0.15, 0.2) is 0 Å². The predicted octanol–water partition coefficient (Wildman–Crippen LogP) is 23.2. The van der Waals surface area contributed by atoms with Gasteiger partial charge in [-0.15, -0.1) is 13.2 Å². The van der Waals surface area contributed by atoms with E-state index in [0.29, 0.717) is 50.7 Å². The number of carbonyl (C=O) groups is 2. The van der Waals surface area contributed by atoms with Crippen molar-refractivity contribution in [2.75, 3.05) is 26.4 Å². The molecule has 0 spiro atoms. The molecule has 2 heterocycles. The normalized spacial score (nSPS) is 21.8. The molecule has 584 valence electrons. The SMILES string of the molecule is C/C=C\O[C@H]1O[C@H](CC)[C@@H](O)[C@H](OCC[C@H](C)CCCCCCC)[C@H]1NC(=O)CCCCCCCCC/C=C\CCCCCC.C=CCOP(=O)(OCC=C)O[C@H]1C(OCC[C@H](C)CCCCCCC)[C@@H](NC(=O)CCCCCCCCC/C=C\CCCCCC)C(O/C=C\C)O[C@@H]1CC. The summed E-state index contributed by atoms with van der Waals surface area (Å²) in [6.07, 6.45) is 63.8. The van der Waals surface area contributed by atoms with E-state index in [-0.39, 0.29) is 25.0 Å². The summed E-state index contributed by atoms with van der Waals surface area (Å²) in [6, 6.07) is -1.31. The van der Waals surface area contributed by atoms with Gasteiger partial charge in [-0.1, -0.05) is 284 Å². The molecule has 100 heavy (non-hydrogen) atoms. The average molecular weight is 1430 g/mol. The number of phosphoric ester groups is 1. The molecule has 0 aromatic heterocycles. The third-order valence-corrected chi connectivity index (χ3v) is 20.6. The predicted molar refractivity (Wildman–Crippen MR) is 417 cm³/mol. The molecular formula is C84H155N2O13P. The number of carbonyl (C=O) groups excluding carboxylic acids is 2. The van der Waals surface area contributed by atoms with Crippen LogP contribution < -0.4 is 10.6 Å². The second-order valence-corrected chi connectivity index (χ2v) is 30.1. The molecule has 2 amide bonds. The van der Waals surface area contributed by atoms with Gasteiger partial charge >= 0.3 is 7.82 Å². The second kappa shape index (κ2) is 66.6. The van der Waals surface area contributed by atoms with E-state index in [9.17, 15) is 19.3 Å². The summed E-state index contributed by atoms with van der Waals surface area (Å²) in [5.74, 6) is 0.887. The minimum Gasteiger partial charge on any atom is -0.471 e. The van der Waals surface area contributed by atoms with Crippen LogP contribution in [0.5, 0.6) is 0 Å². The van der Waals surface area contributed by atoms with Gasteiger partial charge in [0.25, 0.3) is 0 Å². The summed E-state index contributed by atoms with van der Waals surface area (Å²) in [5, 5.41) is 17.5. The van der Waals surface area contributed by atoms with E-state index in [1.54, 1.807) is 24.7 Å². The molecule has 0 saturated carbocycles. The van der Waals surface area contributed by atoms with E-state index in [4.69, 9.17) is 42.0 Å². The van der Waals surface area contributed by atoms with Gasteiger partial charge in [-0.2, -0.15) is 0 Å². The maximum Gasteiger partial charge on any atom is 0.475 e. The van der Waals surface area contributed by atoms with Gasteiger partial charge in [0.05, 0.1) is 37.9 Å². The first-order valence-electron chi connectivity index (χ1n) is 41.2. The van der Waals surface area contributed by atoms with Crippen LogP contribution in [0, 0.1) is 11.8 Å². The number of phosphoric acid groups is 1. The van der Waals surface area contributed by atoms with Crippen molar-refractivity contribution in [1.29, 1.82) is 0 Å². The van der Waals surface area contributed by atoms with Crippen LogP contribution in [0.1, 0.15) is 352 Å². The minimum absolute atomic E-state index is 0.0321. The summed E-state index contributed by atoms with van der Waals surface area (Å²) < 4.78 is 68.8. The Kier molecular flexibility index (Phi) is 63.2. The fraction of sp³-hybridized carbons (Fsp3) is 0.833. The average Bonchev–Trinajstić information content (AvgIpc) is 0.791. The van der Waals surface area contributed by atoms with Crippen molar-refractivity contribution in [1.82, 2.24) is 10.6 Å². The molecule has 2 saturated heterocycles. The lowest BCUT2D eigenvalue weighted by Gasteiger charge is -2.46. The second-order valence-electron chi connectivity index (χ2n) is 28.5. The smallest absolute Gasteiger partial charge is 0.471 e. The van der Waals surface area contributed by atoms with Crippen molar-refractivity contribution in [2.45, 2.75) is 413 Å². The Labute approximate surface area is 614 Å². The molecule has 2 rings (SSSR count). The fourth-order valence-electron chi connectivity index (χ4n) is 12.9. The van der Waals surface area contributed by atoms with Crippen molar-refractivity contribution in [3.63, 3.8) is 0 Å². The Morgan fingerprint density at radius 3 is 1.18 bits per heavy atom. The van der Waals surface area contributed by atoms with Crippen LogP contribution in [0.3, 0.4) is 0 Å². The van der Waals surface area contributed by atoms with E-state index in [1.807, 2.05) is 27.7 Å². The van der Waals surface area contributed by atoms with Crippen molar-refractivity contribution in [2.24, 2.45) is 11.8 Å². The van der Waals surface area contributed by atoms with Gasteiger partial charge in [-0.05, 0) is 116 Å². The van der Waals surface area contributed by atoms with E-state index in [0.717, 1.165) is 51.4 Å². The summed E-state index contributed by atoms with van der Waals surface area (Å²) in [6.45, 7) is 29.5. The van der Waals surface area contributed by atoms with Gasteiger partial charge in [0.2, 0.25) is 24.4 Å². The highest BCUT2D eigenvalue weighted by molar-refractivity contribution is 7.48. The number of unbranched alkanes of at least 4 members (excludes halogenated alkanes) is 30. The molecular weight excluding hydrogens is 1280 g/mol. The summed E-state index contributed by atoms with van der Waals surface area (Å²) in [5.41, 5.74) is 0. The Morgan fingerprint density at radius 2 is 0.800 bits per heavy atom. The van der Waals surface area contributed by atoms with E-state index in [1.165, 1.54) is 218 Å². The maximum absolute atomic E-state index is 13.9. The third kappa shape index (κ3) is 48.1. The van der Waals surface area contributed by atoms with Crippen molar-refractivity contribution < 1.29 is 61.3 Å². The molecule has 12 atom stereocenters. The Balaban J connectivity index is 0.00000102. The van der Waals surface area contributed by atoms with Gasteiger partial charge in [0, 0.05) is 26.1 Å². The highest BCUT2D eigenvalue weighted by Gasteiger charge is 2.52. The van der Waals surface area contributed by atoms with Crippen molar-refractivity contribution in [3.8, 4) is 0 Å². The quantitative estimate of drug-likeness (QED) is 0.0227. The zero-order valence-corrected chi connectivity index (χ0v) is 66.7. The first-order valence-corrected chi connectivity index (χ1v) is 42.7. The first kappa shape index (κ1) is 94.9. The number of rotatable bonds is 66. The van der Waals surface area contributed by atoms with E-state index < -0.39 is 69.1 Å². The summed E-state index contributed by atoms with van der Waals surface area (Å²) in [7, 11) is -4.11. The largest absolute Gasteiger partial charge is 0.475 e. The molecule has 16 heteroatoms. The number of allylic oxidation sites excluding steroid dienone is 6. The number of aliphatic hydroxyl groups excluding tert-OH is 1. The zero-order valence-electron chi connectivity index (χ0n) is 65.9. The fourth-order valence-corrected chi connectivity index (χ4v) is 14.2. The lowest BCUT2D eigenvalue weighted by Crippen LogP contribution is -2.65. The van der Waals surface area contributed by atoms with Crippen LogP contribution in [0.4, 0.5) is 0 Å². The molecule has 0 aromatic carbocycles. The minimum atomic E-state index is -4.11. The van der Waals surface area contributed by atoms with Crippen LogP contribution in [0.25, 0.3) is 0 Å². The molecule has 3 N–H and O–H groups in total. The van der Waals surface area contributed by atoms with Gasteiger partial charge in [0.1, 0.15) is 36.5 Å². The molecule has 2 aliphatic rings. The summed E-state index contributed by atoms with van der Waals surface area (Å²) in [4.78, 5) is 26.6. The van der Waals surface area contributed by atoms with Crippen molar-refractivity contribution >= 4 is 19.6 Å².